The van der Waals surface area contributed by atoms with Crippen molar-refractivity contribution in [2.75, 3.05) is 0 Å². The maximum atomic E-state index is 5.76. The van der Waals surface area contributed by atoms with Crippen LogP contribution in [0.15, 0.2) is 42.5 Å². The Morgan fingerprint density at radius 2 is 1.73 bits per heavy atom. The predicted molar refractivity (Wildman–Crippen MR) is 59.1 cm³/mol. The average Bonchev–Trinajstić information content (AvgIpc) is 2.27. The highest BCUT2D eigenvalue weighted by atomic mass is 16.5. The van der Waals surface area contributed by atoms with Crippen LogP contribution in [0.2, 0.25) is 0 Å². The molecule has 1 aliphatic rings. The highest BCUT2D eigenvalue weighted by Gasteiger charge is 2.18. The van der Waals surface area contributed by atoms with Crippen molar-refractivity contribution >= 4 is 11.4 Å². The molecular weight excluding hydrogens is 186 g/mol. The summed E-state index contributed by atoms with van der Waals surface area (Å²) in [5.74, 6) is 1.67. The summed E-state index contributed by atoms with van der Waals surface area (Å²) in [6.07, 6.45) is 0. The van der Waals surface area contributed by atoms with E-state index >= 15 is 0 Å². The second-order valence-corrected chi connectivity index (χ2v) is 3.60. The first kappa shape index (κ1) is 8.36. The van der Waals surface area contributed by atoms with E-state index in [0.29, 0.717) is 0 Å². The second kappa shape index (κ2) is 3.02. The van der Waals surface area contributed by atoms with Crippen LogP contribution in [-0.4, -0.2) is 0 Å². The third-order valence-electron chi connectivity index (χ3n) is 2.52. The van der Waals surface area contributed by atoms with Crippen LogP contribution in [0.1, 0.15) is 5.56 Å². The van der Waals surface area contributed by atoms with Gasteiger partial charge in [-0.1, -0.05) is 24.3 Å². The van der Waals surface area contributed by atoms with Crippen molar-refractivity contribution in [3.63, 3.8) is 0 Å². The molecule has 2 aromatic carbocycles. The fourth-order valence-corrected chi connectivity index (χ4v) is 1.73. The molecule has 2 aromatic rings. The molecular formula is C13H10NO. The summed E-state index contributed by atoms with van der Waals surface area (Å²) in [5.41, 5.74) is 2.98. The smallest absolute Gasteiger partial charge is 0.153 e. The van der Waals surface area contributed by atoms with Gasteiger partial charge in [-0.25, -0.2) is 5.32 Å². The van der Waals surface area contributed by atoms with Gasteiger partial charge in [-0.3, -0.25) is 0 Å². The molecule has 0 aliphatic carbocycles. The van der Waals surface area contributed by atoms with Crippen molar-refractivity contribution < 1.29 is 4.74 Å². The zero-order valence-corrected chi connectivity index (χ0v) is 8.40. The molecule has 0 spiro atoms. The number of hydrogen-bond acceptors (Lipinski definition) is 1. The van der Waals surface area contributed by atoms with Crippen molar-refractivity contribution in [2.24, 2.45) is 0 Å². The third-order valence-corrected chi connectivity index (χ3v) is 2.52. The minimum atomic E-state index is 0.829. The summed E-state index contributed by atoms with van der Waals surface area (Å²) in [4.78, 5) is 0. The first-order valence-corrected chi connectivity index (χ1v) is 4.93. The molecule has 15 heavy (non-hydrogen) atoms. The van der Waals surface area contributed by atoms with Gasteiger partial charge in [-0.05, 0) is 30.7 Å². The van der Waals surface area contributed by atoms with Gasteiger partial charge in [0.15, 0.2) is 11.5 Å². The lowest BCUT2D eigenvalue weighted by molar-refractivity contribution is 0.471. The minimum Gasteiger partial charge on any atom is -0.453 e. The number of rotatable bonds is 0. The third kappa shape index (κ3) is 1.26. The molecule has 0 saturated heterocycles. The van der Waals surface area contributed by atoms with Gasteiger partial charge in [0.1, 0.15) is 11.4 Å². The van der Waals surface area contributed by atoms with Gasteiger partial charge in [0.05, 0.1) is 0 Å². The van der Waals surface area contributed by atoms with Crippen LogP contribution in [0.3, 0.4) is 0 Å². The normalized spacial score (nSPS) is 12.1. The summed E-state index contributed by atoms with van der Waals surface area (Å²) in [6.45, 7) is 2.04. The van der Waals surface area contributed by atoms with Crippen LogP contribution in [0.5, 0.6) is 11.5 Å². The Hall–Kier alpha value is -1.96. The number of aryl methyl sites for hydroxylation is 1. The summed E-state index contributed by atoms with van der Waals surface area (Å²) in [7, 11) is 0. The van der Waals surface area contributed by atoms with E-state index < -0.39 is 0 Å². The molecule has 0 saturated carbocycles. The fraction of sp³-hybridized carbons (Fsp3) is 0.0769. The first-order chi connectivity index (χ1) is 7.34. The molecule has 0 amide bonds. The molecule has 0 aromatic heterocycles. The molecule has 2 heteroatoms. The Morgan fingerprint density at radius 3 is 2.67 bits per heavy atom. The van der Waals surface area contributed by atoms with Crippen LogP contribution in [-0.2, 0) is 0 Å². The molecule has 0 fully saturated rings. The van der Waals surface area contributed by atoms with Crippen LogP contribution in [0, 0.1) is 6.92 Å². The van der Waals surface area contributed by atoms with Gasteiger partial charge in [0, 0.05) is 0 Å². The Morgan fingerprint density at radius 1 is 0.933 bits per heavy atom. The lowest BCUT2D eigenvalue weighted by atomic mass is 10.1. The highest BCUT2D eigenvalue weighted by Crippen LogP contribution is 2.43. The number of para-hydroxylation sites is 3. The van der Waals surface area contributed by atoms with E-state index in [9.17, 15) is 0 Å². The molecule has 73 valence electrons. The average molecular weight is 196 g/mol. The quantitative estimate of drug-likeness (QED) is 0.538. The molecule has 1 radical (unpaired) electrons. The van der Waals surface area contributed by atoms with E-state index in [2.05, 4.69) is 5.32 Å². The summed E-state index contributed by atoms with van der Waals surface area (Å²) in [5, 5.41) is 4.58. The number of fused-ring (bicyclic) bond motifs is 2. The van der Waals surface area contributed by atoms with E-state index in [4.69, 9.17) is 4.74 Å². The lowest BCUT2D eigenvalue weighted by Crippen LogP contribution is -2.02. The number of ether oxygens (including phenoxy) is 1. The van der Waals surface area contributed by atoms with Crippen molar-refractivity contribution in [3.8, 4) is 11.5 Å². The van der Waals surface area contributed by atoms with Gasteiger partial charge >= 0.3 is 0 Å². The van der Waals surface area contributed by atoms with Crippen LogP contribution in [0.25, 0.3) is 0 Å². The zero-order valence-electron chi connectivity index (χ0n) is 8.40. The SMILES string of the molecule is Cc1cccc2c1[N]c1ccccc1O2. The van der Waals surface area contributed by atoms with Gasteiger partial charge in [0.2, 0.25) is 0 Å². The van der Waals surface area contributed by atoms with E-state index in [-0.39, 0.29) is 0 Å². The topological polar surface area (TPSA) is 23.3 Å². The van der Waals surface area contributed by atoms with Crippen LogP contribution >= 0.6 is 0 Å². The maximum absolute atomic E-state index is 5.76. The van der Waals surface area contributed by atoms with Gasteiger partial charge in [-0.15, -0.1) is 0 Å². The van der Waals surface area contributed by atoms with E-state index in [1.807, 2.05) is 49.4 Å². The largest absolute Gasteiger partial charge is 0.453 e. The zero-order chi connectivity index (χ0) is 10.3. The van der Waals surface area contributed by atoms with Crippen LogP contribution in [0.4, 0.5) is 11.4 Å². The molecule has 2 nitrogen and oxygen atoms in total. The Labute approximate surface area is 88.5 Å². The van der Waals surface area contributed by atoms with Gasteiger partial charge in [0.25, 0.3) is 0 Å². The van der Waals surface area contributed by atoms with Gasteiger partial charge in [-0.2, -0.15) is 0 Å². The first-order valence-electron chi connectivity index (χ1n) is 4.93. The highest BCUT2D eigenvalue weighted by molar-refractivity contribution is 5.69. The van der Waals surface area contributed by atoms with Crippen LogP contribution < -0.4 is 10.1 Å². The Balaban J connectivity index is 2.15. The molecule has 0 bridgehead atoms. The van der Waals surface area contributed by atoms with E-state index in [1.165, 1.54) is 0 Å². The van der Waals surface area contributed by atoms with Crippen molar-refractivity contribution in [1.82, 2.24) is 5.32 Å². The van der Waals surface area contributed by atoms with Crippen molar-refractivity contribution in [2.45, 2.75) is 6.92 Å². The second-order valence-electron chi connectivity index (χ2n) is 3.60. The van der Waals surface area contributed by atoms with E-state index in [1.54, 1.807) is 0 Å². The monoisotopic (exact) mass is 196 g/mol. The van der Waals surface area contributed by atoms with Gasteiger partial charge < -0.3 is 4.74 Å². The molecule has 0 N–H and O–H groups in total. The van der Waals surface area contributed by atoms with Crippen molar-refractivity contribution in [1.29, 1.82) is 0 Å². The van der Waals surface area contributed by atoms with Crippen molar-refractivity contribution in [3.05, 3.63) is 48.0 Å². The Kier molecular flexibility index (Phi) is 1.68. The summed E-state index contributed by atoms with van der Waals surface area (Å²) >= 11 is 0. The molecule has 0 atom stereocenters. The lowest BCUT2D eigenvalue weighted by Gasteiger charge is -2.20. The number of benzene rings is 2. The molecule has 1 aliphatic heterocycles. The summed E-state index contributed by atoms with van der Waals surface area (Å²) < 4.78 is 5.76. The minimum absolute atomic E-state index is 0.829. The molecule has 1 heterocycles. The maximum Gasteiger partial charge on any atom is 0.153 e. The summed E-state index contributed by atoms with van der Waals surface area (Å²) in [6, 6.07) is 13.8. The molecule has 0 unspecified atom stereocenters. The Bertz CT molecular complexity index is 520. The molecule has 3 rings (SSSR count). The standard InChI is InChI=1S/C13H10NO/c1-9-5-4-8-12-13(9)14-10-6-2-3-7-11(10)15-12/h2-8H,1H3. The number of hydrogen-bond donors (Lipinski definition) is 0. The number of nitrogens with zero attached hydrogens (tertiary/aromatic N) is 1. The van der Waals surface area contributed by atoms with E-state index in [0.717, 1.165) is 28.4 Å². The predicted octanol–water partition coefficient (Wildman–Crippen LogP) is 3.67. The fourth-order valence-electron chi connectivity index (χ4n) is 1.73.